The molecule has 2 heterocycles. The maximum absolute atomic E-state index is 12.6. The third-order valence-corrected chi connectivity index (χ3v) is 7.11. The Morgan fingerprint density at radius 2 is 1.80 bits per heavy atom. The van der Waals surface area contributed by atoms with Gasteiger partial charge in [-0.15, -0.1) is 0 Å². The quantitative estimate of drug-likeness (QED) is 0.647. The van der Waals surface area contributed by atoms with Crippen LogP contribution in [0, 0.1) is 5.41 Å². The smallest absolute Gasteiger partial charge is 0.341 e. The fraction of sp³-hybridized carbons (Fsp3) is 0.591. The Bertz CT molecular complexity index is 986. The molecule has 1 aromatic heterocycles. The summed E-state index contributed by atoms with van der Waals surface area (Å²) in [7, 11) is 0. The number of benzene rings is 1. The van der Waals surface area contributed by atoms with E-state index in [9.17, 15) is 19.5 Å². The third kappa shape index (κ3) is 4.30. The van der Waals surface area contributed by atoms with Crippen LogP contribution in [0.2, 0.25) is 0 Å². The second-order valence-corrected chi connectivity index (χ2v) is 10.00. The molecule has 0 saturated carbocycles. The molecule has 30 heavy (non-hydrogen) atoms. The first-order valence-corrected chi connectivity index (χ1v) is 11.3. The lowest BCUT2D eigenvalue weighted by molar-refractivity contribution is -0.157. The fourth-order valence-corrected chi connectivity index (χ4v) is 5.41. The van der Waals surface area contributed by atoms with E-state index in [2.05, 4.69) is 4.90 Å². The SMILES string of the molecule is CC(C)(C)[C@@]1(C(=O)O)CCCN1CCCCn1sc(=O)n(Cc2ccccc2)c1=O. The molecule has 1 saturated heterocycles. The van der Waals surface area contributed by atoms with Gasteiger partial charge in [0.15, 0.2) is 0 Å². The molecular formula is C22H31N3O4S. The van der Waals surface area contributed by atoms with Crippen LogP contribution in [0.5, 0.6) is 0 Å². The van der Waals surface area contributed by atoms with E-state index >= 15 is 0 Å². The van der Waals surface area contributed by atoms with E-state index in [0.29, 0.717) is 19.5 Å². The van der Waals surface area contributed by atoms with Gasteiger partial charge in [0.2, 0.25) is 0 Å². The van der Waals surface area contributed by atoms with Gasteiger partial charge in [-0.25, -0.2) is 13.3 Å². The highest BCUT2D eigenvalue weighted by molar-refractivity contribution is 7.03. The number of unbranched alkanes of at least 4 members (excludes halogenated alkanes) is 1. The minimum Gasteiger partial charge on any atom is -0.480 e. The normalized spacial score (nSPS) is 20.0. The zero-order chi connectivity index (χ0) is 21.9. The number of carbonyl (C=O) groups is 1. The van der Waals surface area contributed by atoms with Crippen LogP contribution >= 0.6 is 11.5 Å². The predicted molar refractivity (Wildman–Crippen MR) is 118 cm³/mol. The zero-order valence-electron chi connectivity index (χ0n) is 18.0. The van der Waals surface area contributed by atoms with E-state index in [1.807, 2.05) is 51.1 Å². The number of nitrogens with zero attached hydrogens (tertiary/aromatic N) is 3. The van der Waals surface area contributed by atoms with Gasteiger partial charge in [-0.05, 0) is 49.8 Å². The van der Waals surface area contributed by atoms with Gasteiger partial charge in [0, 0.05) is 18.1 Å². The average Bonchev–Trinajstić information content (AvgIpc) is 3.23. The standard InChI is InChI=1S/C22H31N3O4S/c1-21(2,3)22(18(26)27)12-9-14-23(22)13-7-8-15-25-19(28)24(20(29)30-25)16-17-10-5-4-6-11-17/h4-6,10-11H,7-9,12-16H2,1-3H3,(H,26,27)/t22-/m0/s1. The number of carboxylic acids is 1. The van der Waals surface area contributed by atoms with Crippen LogP contribution in [-0.2, 0) is 17.9 Å². The van der Waals surface area contributed by atoms with Gasteiger partial charge in [-0.1, -0.05) is 51.1 Å². The maximum atomic E-state index is 12.6. The molecule has 0 spiro atoms. The van der Waals surface area contributed by atoms with E-state index in [-0.39, 0.29) is 22.5 Å². The number of aryl methyl sites for hydroxylation is 1. The molecule has 0 bridgehead atoms. The second kappa shape index (κ2) is 8.89. The van der Waals surface area contributed by atoms with Crippen molar-refractivity contribution in [3.05, 3.63) is 56.0 Å². The number of aliphatic carboxylic acids is 1. The first-order valence-electron chi connectivity index (χ1n) is 10.5. The largest absolute Gasteiger partial charge is 0.480 e. The average molecular weight is 434 g/mol. The predicted octanol–water partition coefficient (Wildman–Crippen LogP) is 2.87. The van der Waals surface area contributed by atoms with Crippen molar-refractivity contribution in [2.24, 2.45) is 5.41 Å². The van der Waals surface area contributed by atoms with Gasteiger partial charge in [0.05, 0.1) is 6.54 Å². The summed E-state index contributed by atoms with van der Waals surface area (Å²) in [6, 6.07) is 9.47. The monoisotopic (exact) mass is 433 g/mol. The van der Waals surface area contributed by atoms with E-state index < -0.39 is 11.5 Å². The minimum atomic E-state index is -0.840. The van der Waals surface area contributed by atoms with Gasteiger partial charge >= 0.3 is 16.5 Å². The molecule has 164 valence electrons. The lowest BCUT2D eigenvalue weighted by atomic mass is 9.71. The Hall–Kier alpha value is -2.19. The molecule has 0 radical (unpaired) electrons. The summed E-state index contributed by atoms with van der Waals surface area (Å²) < 4.78 is 2.79. The highest BCUT2D eigenvalue weighted by Gasteiger charge is 2.55. The van der Waals surface area contributed by atoms with Crippen molar-refractivity contribution >= 4 is 17.5 Å². The summed E-state index contributed by atoms with van der Waals surface area (Å²) in [4.78, 5) is 38.9. The van der Waals surface area contributed by atoms with Crippen molar-refractivity contribution in [3.63, 3.8) is 0 Å². The number of rotatable bonds is 8. The van der Waals surface area contributed by atoms with Gasteiger partial charge in [-0.2, -0.15) is 0 Å². The number of hydrogen-bond acceptors (Lipinski definition) is 5. The van der Waals surface area contributed by atoms with Crippen molar-refractivity contribution in [1.29, 1.82) is 0 Å². The second-order valence-electron chi connectivity index (χ2n) is 9.03. The summed E-state index contributed by atoms with van der Waals surface area (Å²) in [5.74, 6) is -0.750. The van der Waals surface area contributed by atoms with Gasteiger partial charge in [0.1, 0.15) is 5.54 Å². The first kappa shape index (κ1) is 22.5. The van der Waals surface area contributed by atoms with Crippen LogP contribution in [0.3, 0.4) is 0 Å². The number of hydrogen-bond donors (Lipinski definition) is 1. The Kier molecular flexibility index (Phi) is 6.67. The molecule has 1 atom stereocenters. The maximum Gasteiger partial charge on any atom is 0.341 e. The lowest BCUT2D eigenvalue weighted by Crippen LogP contribution is -2.59. The Labute approximate surface area is 180 Å². The molecule has 1 N–H and O–H groups in total. The van der Waals surface area contributed by atoms with E-state index in [0.717, 1.165) is 42.9 Å². The van der Waals surface area contributed by atoms with Crippen molar-refractivity contribution < 1.29 is 9.90 Å². The molecule has 1 aliphatic rings. The summed E-state index contributed by atoms with van der Waals surface area (Å²) in [6.07, 6.45) is 3.05. The van der Waals surface area contributed by atoms with E-state index in [1.165, 1.54) is 8.52 Å². The molecule has 0 unspecified atom stereocenters. The summed E-state index contributed by atoms with van der Waals surface area (Å²) in [5, 5.41) is 9.97. The van der Waals surface area contributed by atoms with Crippen LogP contribution in [-0.4, -0.2) is 43.1 Å². The number of aromatic nitrogens is 2. The molecule has 0 amide bonds. The first-order chi connectivity index (χ1) is 14.2. The molecule has 1 aromatic carbocycles. The van der Waals surface area contributed by atoms with Crippen molar-refractivity contribution in [3.8, 4) is 0 Å². The van der Waals surface area contributed by atoms with Crippen molar-refractivity contribution in [2.45, 2.75) is 65.1 Å². The van der Waals surface area contributed by atoms with Gasteiger partial charge < -0.3 is 5.11 Å². The van der Waals surface area contributed by atoms with Crippen molar-refractivity contribution in [2.75, 3.05) is 13.1 Å². The zero-order valence-corrected chi connectivity index (χ0v) is 18.8. The van der Waals surface area contributed by atoms with Gasteiger partial charge in [-0.3, -0.25) is 14.5 Å². The minimum absolute atomic E-state index is 0.249. The van der Waals surface area contributed by atoms with Gasteiger partial charge in [0.25, 0.3) is 0 Å². The molecule has 2 aromatic rings. The topological polar surface area (TPSA) is 84.5 Å². The molecule has 7 nitrogen and oxygen atoms in total. The summed E-state index contributed by atoms with van der Waals surface area (Å²) in [6.45, 7) is 8.19. The molecule has 1 aliphatic heterocycles. The summed E-state index contributed by atoms with van der Waals surface area (Å²) >= 11 is 0.956. The van der Waals surface area contributed by atoms with E-state index in [1.54, 1.807) is 0 Å². The Balaban J connectivity index is 1.61. The third-order valence-electron chi connectivity index (χ3n) is 6.18. The molecule has 3 rings (SSSR count). The van der Waals surface area contributed by atoms with Crippen LogP contribution in [0.4, 0.5) is 0 Å². The molecule has 1 fully saturated rings. The Morgan fingerprint density at radius 3 is 2.43 bits per heavy atom. The number of likely N-dealkylation sites (tertiary alicyclic amines) is 1. The number of carboxylic acid groups (broad SMARTS) is 1. The van der Waals surface area contributed by atoms with Crippen LogP contribution < -0.4 is 10.6 Å². The van der Waals surface area contributed by atoms with Crippen LogP contribution in [0.15, 0.2) is 39.9 Å². The van der Waals surface area contributed by atoms with Crippen molar-refractivity contribution in [1.82, 2.24) is 13.4 Å². The molecule has 8 heteroatoms. The molecular weight excluding hydrogens is 402 g/mol. The highest BCUT2D eigenvalue weighted by Crippen LogP contribution is 2.44. The Morgan fingerprint density at radius 1 is 1.13 bits per heavy atom. The van der Waals surface area contributed by atoms with Crippen LogP contribution in [0.1, 0.15) is 52.0 Å². The van der Waals surface area contributed by atoms with Crippen LogP contribution in [0.25, 0.3) is 0 Å². The van der Waals surface area contributed by atoms with E-state index in [4.69, 9.17) is 0 Å². The highest BCUT2D eigenvalue weighted by atomic mass is 32.1. The fourth-order valence-electron chi connectivity index (χ4n) is 4.58. The lowest BCUT2D eigenvalue weighted by Gasteiger charge is -2.44. The molecule has 0 aliphatic carbocycles. The summed E-state index contributed by atoms with van der Waals surface area (Å²) in [5.41, 5.74) is -0.554.